The van der Waals surface area contributed by atoms with Crippen LogP contribution in [0.2, 0.25) is 0 Å². The summed E-state index contributed by atoms with van der Waals surface area (Å²) in [5, 5.41) is 7.77. The van der Waals surface area contributed by atoms with E-state index in [1.807, 2.05) is 24.3 Å². The summed E-state index contributed by atoms with van der Waals surface area (Å²) >= 11 is 0. The Bertz CT molecular complexity index is 845. The number of ketones is 1. The molecule has 0 aliphatic heterocycles. The zero-order valence-corrected chi connectivity index (χ0v) is 13.0. The van der Waals surface area contributed by atoms with E-state index in [0.29, 0.717) is 28.5 Å². The minimum Gasteiger partial charge on any atom is -0.493 e. The number of aromatic amines is 1. The van der Waals surface area contributed by atoms with Crippen molar-refractivity contribution in [1.82, 2.24) is 10.2 Å². The van der Waals surface area contributed by atoms with E-state index in [1.165, 1.54) is 21.3 Å². The fourth-order valence-corrected chi connectivity index (χ4v) is 2.49. The van der Waals surface area contributed by atoms with Gasteiger partial charge in [0.25, 0.3) is 0 Å². The lowest BCUT2D eigenvalue weighted by Crippen LogP contribution is -2.05. The average Bonchev–Trinajstić information content (AvgIpc) is 3.03. The molecule has 23 heavy (non-hydrogen) atoms. The van der Waals surface area contributed by atoms with Gasteiger partial charge in [-0.25, -0.2) is 0 Å². The second kappa shape index (κ2) is 6.00. The van der Waals surface area contributed by atoms with Gasteiger partial charge < -0.3 is 14.2 Å². The van der Waals surface area contributed by atoms with Crippen LogP contribution < -0.4 is 14.2 Å². The molecular formula is C17H16N2O4. The Hall–Kier alpha value is -3.02. The molecule has 0 saturated carbocycles. The molecule has 1 aromatic heterocycles. The summed E-state index contributed by atoms with van der Waals surface area (Å²) in [6.07, 6.45) is 0. The molecule has 1 N–H and O–H groups in total. The summed E-state index contributed by atoms with van der Waals surface area (Å²) in [5.74, 6) is 1.07. The molecule has 2 aromatic carbocycles. The van der Waals surface area contributed by atoms with Crippen molar-refractivity contribution in [2.75, 3.05) is 21.3 Å². The van der Waals surface area contributed by atoms with Crippen molar-refractivity contribution >= 4 is 16.7 Å². The molecule has 0 unspecified atom stereocenters. The third-order valence-electron chi connectivity index (χ3n) is 3.61. The first kappa shape index (κ1) is 14.9. The van der Waals surface area contributed by atoms with Crippen LogP contribution in [-0.4, -0.2) is 37.3 Å². The Kier molecular flexibility index (Phi) is 3.89. The molecule has 118 valence electrons. The molecule has 0 radical (unpaired) electrons. The van der Waals surface area contributed by atoms with Crippen molar-refractivity contribution in [2.24, 2.45) is 0 Å². The lowest BCUT2D eigenvalue weighted by atomic mass is 10.0. The number of rotatable bonds is 5. The Morgan fingerprint density at radius 2 is 1.65 bits per heavy atom. The van der Waals surface area contributed by atoms with Crippen LogP contribution in [0.1, 0.15) is 16.1 Å². The first-order chi connectivity index (χ1) is 11.2. The molecule has 1 heterocycles. The second-order valence-electron chi connectivity index (χ2n) is 4.86. The zero-order chi connectivity index (χ0) is 16.4. The van der Waals surface area contributed by atoms with Crippen LogP contribution in [0.25, 0.3) is 10.9 Å². The Morgan fingerprint density at radius 3 is 2.26 bits per heavy atom. The number of methoxy groups -OCH3 is 3. The number of H-pyrrole nitrogens is 1. The number of nitrogens with one attached hydrogen (secondary N) is 1. The van der Waals surface area contributed by atoms with Gasteiger partial charge in [0.1, 0.15) is 5.69 Å². The van der Waals surface area contributed by atoms with E-state index in [2.05, 4.69) is 10.2 Å². The molecule has 3 aromatic rings. The third kappa shape index (κ3) is 2.48. The average molecular weight is 312 g/mol. The summed E-state index contributed by atoms with van der Waals surface area (Å²) < 4.78 is 15.8. The highest BCUT2D eigenvalue weighted by Crippen LogP contribution is 2.38. The molecule has 6 nitrogen and oxygen atoms in total. The predicted molar refractivity (Wildman–Crippen MR) is 85.6 cm³/mol. The van der Waals surface area contributed by atoms with Gasteiger partial charge in [0.15, 0.2) is 11.5 Å². The van der Waals surface area contributed by atoms with E-state index in [0.717, 1.165) is 10.9 Å². The molecule has 0 spiro atoms. The van der Waals surface area contributed by atoms with Crippen molar-refractivity contribution in [3.8, 4) is 17.2 Å². The maximum absolute atomic E-state index is 12.8. The van der Waals surface area contributed by atoms with Crippen LogP contribution in [0.3, 0.4) is 0 Å². The molecule has 0 saturated heterocycles. The van der Waals surface area contributed by atoms with Crippen LogP contribution in [-0.2, 0) is 0 Å². The van der Waals surface area contributed by atoms with Gasteiger partial charge in [0.05, 0.1) is 26.8 Å². The summed E-state index contributed by atoms with van der Waals surface area (Å²) in [5.41, 5.74) is 1.58. The number of carbonyl (C=O) groups is 1. The minimum atomic E-state index is -0.221. The molecule has 0 aliphatic carbocycles. The van der Waals surface area contributed by atoms with Gasteiger partial charge in [-0.3, -0.25) is 9.89 Å². The Balaban J connectivity index is 2.12. The fourth-order valence-electron chi connectivity index (χ4n) is 2.49. The smallest absolute Gasteiger partial charge is 0.214 e. The van der Waals surface area contributed by atoms with E-state index in [1.54, 1.807) is 12.1 Å². The molecule has 0 amide bonds. The normalized spacial score (nSPS) is 10.6. The van der Waals surface area contributed by atoms with Crippen LogP contribution in [0.4, 0.5) is 0 Å². The zero-order valence-electron chi connectivity index (χ0n) is 13.0. The monoisotopic (exact) mass is 312 g/mol. The van der Waals surface area contributed by atoms with Gasteiger partial charge in [0, 0.05) is 10.9 Å². The van der Waals surface area contributed by atoms with Gasteiger partial charge in [-0.2, -0.15) is 5.10 Å². The van der Waals surface area contributed by atoms with E-state index < -0.39 is 0 Å². The first-order valence-electron chi connectivity index (χ1n) is 6.97. The predicted octanol–water partition coefficient (Wildman–Crippen LogP) is 2.82. The van der Waals surface area contributed by atoms with Gasteiger partial charge in [-0.05, 0) is 18.2 Å². The molecule has 0 atom stereocenters. The van der Waals surface area contributed by atoms with Crippen LogP contribution in [0, 0.1) is 0 Å². The number of hydrogen-bond acceptors (Lipinski definition) is 5. The van der Waals surface area contributed by atoms with Gasteiger partial charge in [-0.15, -0.1) is 0 Å². The number of ether oxygens (including phenoxy) is 3. The van der Waals surface area contributed by atoms with E-state index in [-0.39, 0.29) is 5.78 Å². The number of fused-ring (bicyclic) bond motifs is 1. The largest absolute Gasteiger partial charge is 0.493 e. The number of para-hydroxylation sites is 1. The molecule has 6 heteroatoms. The third-order valence-corrected chi connectivity index (χ3v) is 3.61. The molecule has 0 fully saturated rings. The highest BCUT2D eigenvalue weighted by atomic mass is 16.5. The van der Waals surface area contributed by atoms with Crippen molar-refractivity contribution in [3.05, 3.63) is 47.7 Å². The first-order valence-corrected chi connectivity index (χ1v) is 6.97. The lowest BCUT2D eigenvalue weighted by Gasteiger charge is -2.13. The molecule has 0 bridgehead atoms. The maximum Gasteiger partial charge on any atom is 0.214 e. The van der Waals surface area contributed by atoms with Gasteiger partial charge in [0.2, 0.25) is 11.5 Å². The van der Waals surface area contributed by atoms with Gasteiger partial charge >= 0.3 is 0 Å². The van der Waals surface area contributed by atoms with Crippen molar-refractivity contribution < 1.29 is 19.0 Å². The summed E-state index contributed by atoms with van der Waals surface area (Å²) in [4.78, 5) is 12.8. The van der Waals surface area contributed by atoms with Crippen LogP contribution in [0.5, 0.6) is 17.2 Å². The number of nitrogens with zero attached hydrogens (tertiary/aromatic N) is 1. The number of carbonyl (C=O) groups excluding carboxylic acids is 1. The Morgan fingerprint density at radius 1 is 1.00 bits per heavy atom. The molecule has 0 aliphatic rings. The molecular weight excluding hydrogens is 296 g/mol. The number of aromatic nitrogens is 2. The quantitative estimate of drug-likeness (QED) is 0.733. The summed E-state index contributed by atoms with van der Waals surface area (Å²) in [6, 6.07) is 10.7. The topological polar surface area (TPSA) is 73.4 Å². The fraction of sp³-hybridized carbons (Fsp3) is 0.176. The summed E-state index contributed by atoms with van der Waals surface area (Å²) in [7, 11) is 4.54. The van der Waals surface area contributed by atoms with E-state index in [9.17, 15) is 4.79 Å². The lowest BCUT2D eigenvalue weighted by molar-refractivity contribution is 0.103. The Labute approximate surface area is 133 Å². The van der Waals surface area contributed by atoms with Crippen molar-refractivity contribution in [3.63, 3.8) is 0 Å². The molecule has 3 rings (SSSR count). The summed E-state index contributed by atoms with van der Waals surface area (Å²) in [6.45, 7) is 0. The highest BCUT2D eigenvalue weighted by molar-refractivity contribution is 6.15. The van der Waals surface area contributed by atoms with Crippen molar-refractivity contribution in [1.29, 1.82) is 0 Å². The van der Waals surface area contributed by atoms with E-state index >= 15 is 0 Å². The number of hydrogen-bond donors (Lipinski definition) is 1. The van der Waals surface area contributed by atoms with Crippen molar-refractivity contribution in [2.45, 2.75) is 0 Å². The van der Waals surface area contributed by atoms with Crippen LogP contribution >= 0.6 is 0 Å². The maximum atomic E-state index is 12.8. The highest BCUT2D eigenvalue weighted by Gasteiger charge is 2.21. The minimum absolute atomic E-state index is 0.221. The van der Waals surface area contributed by atoms with Crippen LogP contribution in [0.15, 0.2) is 36.4 Å². The van der Waals surface area contributed by atoms with E-state index in [4.69, 9.17) is 14.2 Å². The number of benzene rings is 2. The van der Waals surface area contributed by atoms with Gasteiger partial charge in [-0.1, -0.05) is 18.2 Å². The standard InChI is InChI=1S/C17H16N2O4/c1-21-13-8-10(9-14(22-2)17(13)23-3)16(20)15-11-6-4-5-7-12(11)18-19-15/h4-9H,1-3H3,(H,18,19). The SMILES string of the molecule is COc1cc(C(=O)c2n[nH]c3ccccc23)cc(OC)c1OC. The second-order valence-corrected chi connectivity index (χ2v) is 4.86.